The van der Waals surface area contributed by atoms with Crippen LogP contribution in [0.3, 0.4) is 0 Å². The molecule has 0 fully saturated rings. The number of aromatic nitrogens is 1. The van der Waals surface area contributed by atoms with Crippen LogP contribution >= 0.6 is 0 Å². The normalized spacial score (nSPS) is 22.4. The van der Waals surface area contributed by atoms with Crippen LogP contribution in [0.5, 0.6) is 5.75 Å². The third-order valence-electron chi connectivity index (χ3n) is 6.25. The highest BCUT2D eigenvalue weighted by Gasteiger charge is 2.57. The number of anilines is 1. The summed E-state index contributed by atoms with van der Waals surface area (Å²) in [6.07, 6.45) is 6.56. The molecule has 3 heteroatoms. The summed E-state index contributed by atoms with van der Waals surface area (Å²) in [5.41, 5.74) is 4.24. The van der Waals surface area contributed by atoms with Crippen molar-refractivity contribution < 1.29 is 9.30 Å². The molecule has 0 saturated heterocycles. The lowest BCUT2D eigenvalue weighted by atomic mass is 9.76. The fourth-order valence-corrected chi connectivity index (χ4v) is 4.70. The molecule has 0 aliphatic carbocycles. The molecule has 26 heavy (non-hydrogen) atoms. The van der Waals surface area contributed by atoms with Crippen LogP contribution in [0, 0.1) is 0 Å². The van der Waals surface area contributed by atoms with E-state index in [4.69, 9.17) is 4.74 Å². The van der Waals surface area contributed by atoms with E-state index in [0.29, 0.717) is 0 Å². The summed E-state index contributed by atoms with van der Waals surface area (Å²) < 4.78 is 8.92. The Bertz CT molecular complexity index is 1080. The molecule has 3 nitrogen and oxygen atoms in total. The van der Waals surface area contributed by atoms with Gasteiger partial charge in [0.2, 0.25) is 11.2 Å². The molecular weight excluding hydrogens is 320 g/mol. The van der Waals surface area contributed by atoms with Crippen LogP contribution in [0.4, 0.5) is 5.69 Å². The molecule has 5 rings (SSSR count). The monoisotopic (exact) mass is 343 g/mol. The summed E-state index contributed by atoms with van der Waals surface area (Å²) in [5.74, 6) is 0.943. The molecule has 3 heterocycles. The minimum atomic E-state index is -0.520. The summed E-state index contributed by atoms with van der Waals surface area (Å²) in [4.78, 5) is 2.27. The molecule has 130 valence electrons. The van der Waals surface area contributed by atoms with Gasteiger partial charge in [-0.15, -0.1) is 0 Å². The number of hydrogen-bond acceptors (Lipinski definition) is 2. The zero-order chi connectivity index (χ0) is 18.1. The van der Waals surface area contributed by atoms with Crippen molar-refractivity contribution in [3.05, 3.63) is 71.9 Å². The smallest absolute Gasteiger partial charge is 0.213 e. The van der Waals surface area contributed by atoms with Crippen molar-refractivity contribution in [1.29, 1.82) is 0 Å². The Kier molecular flexibility index (Phi) is 2.90. The topological polar surface area (TPSA) is 16.4 Å². The molecule has 0 saturated carbocycles. The third-order valence-corrected chi connectivity index (χ3v) is 6.25. The van der Waals surface area contributed by atoms with Crippen molar-refractivity contribution in [1.82, 2.24) is 0 Å². The lowest BCUT2D eigenvalue weighted by Crippen LogP contribution is -2.58. The van der Waals surface area contributed by atoms with E-state index in [9.17, 15) is 0 Å². The van der Waals surface area contributed by atoms with Gasteiger partial charge in [-0.25, -0.2) is 4.57 Å². The lowest BCUT2D eigenvalue weighted by Gasteiger charge is -2.45. The van der Waals surface area contributed by atoms with E-state index in [0.717, 1.165) is 11.3 Å². The number of pyridine rings is 1. The van der Waals surface area contributed by atoms with Gasteiger partial charge in [0.25, 0.3) is 0 Å². The summed E-state index contributed by atoms with van der Waals surface area (Å²) in [6, 6.07) is 17.1. The van der Waals surface area contributed by atoms with Crippen LogP contribution in [-0.4, -0.2) is 12.8 Å². The van der Waals surface area contributed by atoms with Gasteiger partial charge in [0, 0.05) is 30.4 Å². The van der Waals surface area contributed by atoms with Crippen molar-refractivity contribution in [3.8, 4) is 5.75 Å². The molecule has 1 spiro atoms. The standard InChI is InChI=1S/C23H23N2O/c1-22(2)18-9-5-6-10-20(18)25(4)23(22)14-13-17-16-8-7-15-24(3)19(16)11-12-21(17)26-23/h5-15H,1-4H3/q+1/t23-/m0/s1. The van der Waals surface area contributed by atoms with Gasteiger partial charge in [0.1, 0.15) is 12.8 Å². The van der Waals surface area contributed by atoms with Crippen molar-refractivity contribution in [2.75, 3.05) is 11.9 Å². The number of para-hydroxylation sites is 1. The van der Waals surface area contributed by atoms with E-state index in [2.05, 4.69) is 104 Å². The lowest BCUT2D eigenvalue weighted by molar-refractivity contribution is -0.644. The zero-order valence-electron chi connectivity index (χ0n) is 15.7. The number of hydrogen-bond donors (Lipinski definition) is 0. The molecule has 0 N–H and O–H groups in total. The third kappa shape index (κ3) is 1.70. The molecule has 0 radical (unpaired) electrons. The van der Waals surface area contributed by atoms with E-state index < -0.39 is 5.72 Å². The zero-order valence-corrected chi connectivity index (χ0v) is 15.7. The first-order chi connectivity index (χ1) is 12.5. The first kappa shape index (κ1) is 15.4. The second kappa shape index (κ2) is 4.88. The minimum absolute atomic E-state index is 0.164. The average Bonchev–Trinajstić information content (AvgIpc) is 2.81. The summed E-state index contributed by atoms with van der Waals surface area (Å²) >= 11 is 0. The largest absolute Gasteiger partial charge is 0.463 e. The molecule has 3 aromatic rings. The second-order valence-electron chi connectivity index (χ2n) is 7.86. The molecular formula is C23H23N2O+. The van der Waals surface area contributed by atoms with E-state index in [1.165, 1.54) is 22.2 Å². The maximum Gasteiger partial charge on any atom is 0.213 e. The van der Waals surface area contributed by atoms with Gasteiger partial charge in [0.15, 0.2) is 6.20 Å². The Hall–Kier alpha value is -2.81. The molecule has 2 aliphatic rings. The number of nitrogens with zero attached hydrogens (tertiary/aromatic N) is 2. The number of fused-ring (bicyclic) bond motifs is 4. The highest BCUT2D eigenvalue weighted by molar-refractivity contribution is 5.90. The molecule has 1 aromatic heterocycles. The van der Waals surface area contributed by atoms with Gasteiger partial charge in [0.05, 0.1) is 10.8 Å². The van der Waals surface area contributed by atoms with Crippen LogP contribution in [0.1, 0.15) is 25.0 Å². The summed E-state index contributed by atoms with van der Waals surface area (Å²) in [7, 11) is 4.21. The number of ether oxygens (including phenoxy) is 1. The number of likely N-dealkylation sites (N-methyl/N-ethyl adjacent to an activating group) is 1. The molecule has 0 unspecified atom stereocenters. The average molecular weight is 343 g/mol. The summed E-state index contributed by atoms with van der Waals surface area (Å²) in [5, 5.41) is 1.22. The molecule has 2 aliphatic heterocycles. The van der Waals surface area contributed by atoms with Crippen molar-refractivity contribution in [3.63, 3.8) is 0 Å². The van der Waals surface area contributed by atoms with E-state index >= 15 is 0 Å². The van der Waals surface area contributed by atoms with Gasteiger partial charge in [-0.1, -0.05) is 18.2 Å². The van der Waals surface area contributed by atoms with Gasteiger partial charge in [-0.3, -0.25) is 0 Å². The highest BCUT2D eigenvalue weighted by atomic mass is 16.5. The quantitative estimate of drug-likeness (QED) is 0.569. The number of aryl methyl sites for hydroxylation is 1. The predicted octanol–water partition coefficient (Wildman–Crippen LogP) is 4.19. The van der Waals surface area contributed by atoms with Crippen molar-refractivity contribution >= 4 is 22.7 Å². The van der Waals surface area contributed by atoms with Gasteiger partial charge < -0.3 is 9.64 Å². The highest BCUT2D eigenvalue weighted by Crippen LogP contribution is 2.54. The fraction of sp³-hybridized carbons (Fsp3) is 0.261. The van der Waals surface area contributed by atoms with Crippen LogP contribution in [0.25, 0.3) is 17.0 Å². The molecule has 0 amide bonds. The van der Waals surface area contributed by atoms with E-state index in [1.807, 2.05) is 0 Å². The SMILES string of the molecule is CN1c2ccccc2C(C)(C)[C@@]12C=Cc1c(ccc3c1ccc[n+]3C)O2. The van der Waals surface area contributed by atoms with Crippen LogP contribution in [0.15, 0.2) is 60.8 Å². The summed E-state index contributed by atoms with van der Waals surface area (Å²) in [6.45, 7) is 4.54. The number of benzene rings is 2. The van der Waals surface area contributed by atoms with Crippen LogP contribution in [0.2, 0.25) is 0 Å². The van der Waals surface area contributed by atoms with Crippen LogP contribution in [-0.2, 0) is 12.5 Å². The van der Waals surface area contributed by atoms with Gasteiger partial charge in [-0.2, -0.15) is 0 Å². The first-order valence-electron chi connectivity index (χ1n) is 9.09. The Morgan fingerprint density at radius 2 is 1.81 bits per heavy atom. The van der Waals surface area contributed by atoms with Crippen molar-refractivity contribution in [2.45, 2.75) is 25.0 Å². The van der Waals surface area contributed by atoms with E-state index in [1.54, 1.807) is 0 Å². The Morgan fingerprint density at radius 1 is 1.00 bits per heavy atom. The van der Waals surface area contributed by atoms with Gasteiger partial charge >= 0.3 is 0 Å². The second-order valence-corrected chi connectivity index (χ2v) is 7.86. The maximum absolute atomic E-state index is 6.77. The maximum atomic E-state index is 6.77. The predicted molar refractivity (Wildman–Crippen MR) is 105 cm³/mol. The molecule has 2 aromatic carbocycles. The number of rotatable bonds is 0. The minimum Gasteiger partial charge on any atom is -0.463 e. The van der Waals surface area contributed by atoms with Crippen molar-refractivity contribution in [2.24, 2.45) is 7.05 Å². The Balaban J connectivity index is 1.72. The molecule has 1 atom stereocenters. The van der Waals surface area contributed by atoms with Crippen LogP contribution < -0.4 is 14.2 Å². The van der Waals surface area contributed by atoms with E-state index in [-0.39, 0.29) is 5.41 Å². The Morgan fingerprint density at radius 3 is 2.62 bits per heavy atom. The molecule has 0 bridgehead atoms. The Labute approximate surface area is 154 Å². The fourth-order valence-electron chi connectivity index (χ4n) is 4.70. The van der Waals surface area contributed by atoms with Gasteiger partial charge in [-0.05, 0) is 49.8 Å². The first-order valence-corrected chi connectivity index (χ1v) is 9.09.